The predicted molar refractivity (Wildman–Crippen MR) is 97.1 cm³/mol. The summed E-state index contributed by atoms with van der Waals surface area (Å²) in [5.74, 6) is 1.12. The van der Waals surface area contributed by atoms with Crippen LogP contribution in [0.1, 0.15) is 31.2 Å². The van der Waals surface area contributed by atoms with Crippen molar-refractivity contribution in [1.82, 2.24) is 5.32 Å². The van der Waals surface area contributed by atoms with Crippen molar-refractivity contribution < 1.29 is 0 Å². The lowest BCUT2D eigenvalue weighted by Gasteiger charge is -2.36. The van der Waals surface area contributed by atoms with Gasteiger partial charge in [-0.1, -0.05) is 35.9 Å². The molecular formula is C15H21ClIN3. The standard InChI is InChI=1S/C15H20ClN3.HI/c1-10(2)9-18-15(17)19-14-7-12(8-14)11-3-5-13(16)6-4-11;/h3-6,12,14H,1,7-9H2,2H3,(H3,17,18,19);1H. The van der Waals surface area contributed by atoms with Crippen LogP contribution in [-0.4, -0.2) is 18.5 Å². The van der Waals surface area contributed by atoms with Crippen LogP contribution in [0.4, 0.5) is 0 Å². The van der Waals surface area contributed by atoms with Crippen LogP contribution in [-0.2, 0) is 0 Å². The van der Waals surface area contributed by atoms with Gasteiger partial charge >= 0.3 is 0 Å². The van der Waals surface area contributed by atoms with Gasteiger partial charge < -0.3 is 11.1 Å². The highest BCUT2D eigenvalue weighted by molar-refractivity contribution is 14.0. The highest BCUT2D eigenvalue weighted by Gasteiger charge is 2.30. The third-order valence-corrected chi connectivity index (χ3v) is 3.60. The second-order valence-electron chi connectivity index (χ2n) is 5.22. The molecule has 3 N–H and O–H groups in total. The molecule has 0 aliphatic heterocycles. The van der Waals surface area contributed by atoms with E-state index in [9.17, 15) is 0 Å². The summed E-state index contributed by atoms with van der Waals surface area (Å²) in [5, 5.41) is 4.03. The molecule has 2 rings (SSSR count). The number of nitrogens with one attached hydrogen (secondary N) is 1. The zero-order valence-electron chi connectivity index (χ0n) is 11.6. The van der Waals surface area contributed by atoms with E-state index in [1.165, 1.54) is 5.56 Å². The van der Waals surface area contributed by atoms with Crippen molar-refractivity contribution in [3.05, 3.63) is 47.0 Å². The molecule has 1 fully saturated rings. The molecule has 0 unspecified atom stereocenters. The fraction of sp³-hybridized carbons (Fsp3) is 0.400. The van der Waals surface area contributed by atoms with Crippen LogP contribution in [0.3, 0.4) is 0 Å². The minimum atomic E-state index is 0. The van der Waals surface area contributed by atoms with Crippen LogP contribution in [0.15, 0.2) is 41.4 Å². The van der Waals surface area contributed by atoms with E-state index in [1.54, 1.807) is 0 Å². The van der Waals surface area contributed by atoms with E-state index in [1.807, 2.05) is 19.1 Å². The van der Waals surface area contributed by atoms with E-state index in [0.717, 1.165) is 23.4 Å². The monoisotopic (exact) mass is 405 g/mol. The summed E-state index contributed by atoms with van der Waals surface area (Å²) >= 11 is 5.88. The molecule has 0 aromatic heterocycles. The van der Waals surface area contributed by atoms with Crippen LogP contribution < -0.4 is 11.1 Å². The highest BCUT2D eigenvalue weighted by Crippen LogP contribution is 2.37. The molecule has 20 heavy (non-hydrogen) atoms. The summed E-state index contributed by atoms with van der Waals surface area (Å²) in [6.07, 6.45) is 2.18. The van der Waals surface area contributed by atoms with Crippen molar-refractivity contribution in [3.8, 4) is 0 Å². The third-order valence-electron chi connectivity index (χ3n) is 3.35. The molecule has 110 valence electrons. The molecule has 0 saturated heterocycles. The van der Waals surface area contributed by atoms with Crippen molar-refractivity contribution in [2.24, 2.45) is 10.7 Å². The zero-order valence-corrected chi connectivity index (χ0v) is 14.7. The summed E-state index contributed by atoms with van der Waals surface area (Å²) < 4.78 is 0. The number of hydrogen-bond acceptors (Lipinski definition) is 1. The number of benzene rings is 1. The first-order valence-corrected chi connectivity index (χ1v) is 6.88. The average molecular weight is 406 g/mol. The van der Waals surface area contributed by atoms with E-state index < -0.39 is 0 Å². The topological polar surface area (TPSA) is 50.4 Å². The Hall–Kier alpha value is -0.750. The van der Waals surface area contributed by atoms with Gasteiger partial charge in [0.1, 0.15) is 0 Å². The van der Waals surface area contributed by atoms with E-state index in [0.29, 0.717) is 24.5 Å². The fourth-order valence-electron chi connectivity index (χ4n) is 2.22. The molecule has 1 aliphatic rings. The SMILES string of the molecule is C=C(C)CN=C(N)NC1CC(c2ccc(Cl)cc2)C1.I. The number of hydrogen-bond donors (Lipinski definition) is 2. The summed E-state index contributed by atoms with van der Waals surface area (Å²) in [7, 11) is 0. The van der Waals surface area contributed by atoms with E-state index in [-0.39, 0.29) is 24.0 Å². The second-order valence-corrected chi connectivity index (χ2v) is 5.66. The fourth-order valence-corrected chi connectivity index (χ4v) is 2.34. The van der Waals surface area contributed by atoms with Crippen molar-refractivity contribution in [3.63, 3.8) is 0 Å². The van der Waals surface area contributed by atoms with Gasteiger partial charge in [0.15, 0.2) is 5.96 Å². The van der Waals surface area contributed by atoms with E-state index in [2.05, 4.69) is 29.0 Å². The van der Waals surface area contributed by atoms with E-state index in [4.69, 9.17) is 17.3 Å². The van der Waals surface area contributed by atoms with Gasteiger partial charge in [0.2, 0.25) is 0 Å². The molecule has 0 heterocycles. The maximum Gasteiger partial charge on any atom is 0.189 e. The molecule has 1 aromatic rings. The smallest absolute Gasteiger partial charge is 0.189 e. The first-order chi connectivity index (χ1) is 9.04. The predicted octanol–water partition coefficient (Wildman–Crippen LogP) is 3.68. The third kappa shape index (κ3) is 4.98. The molecule has 5 heteroatoms. The van der Waals surface area contributed by atoms with Crippen molar-refractivity contribution >= 4 is 41.5 Å². The van der Waals surface area contributed by atoms with Gasteiger partial charge in [-0.25, -0.2) is 4.99 Å². The quantitative estimate of drug-likeness (QED) is 0.347. The molecule has 0 spiro atoms. The molecule has 0 atom stereocenters. The van der Waals surface area contributed by atoms with E-state index >= 15 is 0 Å². The van der Waals surface area contributed by atoms with Crippen LogP contribution in [0, 0.1) is 0 Å². The minimum absolute atomic E-state index is 0. The molecule has 3 nitrogen and oxygen atoms in total. The van der Waals surface area contributed by atoms with Crippen molar-refractivity contribution in [2.75, 3.05) is 6.54 Å². The summed E-state index contributed by atoms with van der Waals surface area (Å²) in [6.45, 7) is 6.33. The number of aliphatic imine (C=N–C) groups is 1. The zero-order chi connectivity index (χ0) is 13.8. The lowest BCUT2D eigenvalue weighted by Crippen LogP contribution is -2.46. The first-order valence-electron chi connectivity index (χ1n) is 6.51. The highest BCUT2D eigenvalue weighted by atomic mass is 127. The molecular weight excluding hydrogens is 385 g/mol. The number of nitrogens with zero attached hydrogens (tertiary/aromatic N) is 1. The Morgan fingerprint density at radius 2 is 2.00 bits per heavy atom. The lowest BCUT2D eigenvalue weighted by molar-refractivity contribution is 0.323. The Morgan fingerprint density at radius 3 is 2.55 bits per heavy atom. The van der Waals surface area contributed by atoms with Gasteiger partial charge in [-0.15, -0.1) is 24.0 Å². The Morgan fingerprint density at radius 1 is 1.40 bits per heavy atom. The maximum atomic E-state index is 5.88. The second kappa shape index (κ2) is 7.88. The van der Waals surface area contributed by atoms with Gasteiger partial charge in [0.05, 0.1) is 6.54 Å². The van der Waals surface area contributed by atoms with Crippen LogP contribution >= 0.6 is 35.6 Å². The van der Waals surface area contributed by atoms with Gasteiger partial charge in [-0.05, 0) is 43.4 Å². The van der Waals surface area contributed by atoms with Gasteiger partial charge in [-0.2, -0.15) is 0 Å². The van der Waals surface area contributed by atoms with Gasteiger partial charge in [-0.3, -0.25) is 0 Å². The first kappa shape index (κ1) is 17.3. The summed E-state index contributed by atoms with van der Waals surface area (Å²) in [6, 6.07) is 8.51. The van der Waals surface area contributed by atoms with Crippen molar-refractivity contribution in [1.29, 1.82) is 0 Å². The molecule has 1 aromatic carbocycles. The van der Waals surface area contributed by atoms with Crippen LogP contribution in [0.25, 0.3) is 0 Å². The normalized spacial score (nSPS) is 21.6. The Kier molecular flexibility index (Phi) is 6.82. The molecule has 0 amide bonds. The molecule has 1 saturated carbocycles. The summed E-state index contributed by atoms with van der Waals surface area (Å²) in [5.41, 5.74) is 8.18. The largest absolute Gasteiger partial charge is 0.370 e. The molecule has 0 radical (unpaired) electrons. The minimum Gasteiger partial charge on any atom is -0.370 e. The van der Waals surface area contributed by atoms with Gasteiger partial charge in [0, 0.05) is 11.1 Å². The Balaban J connectivity index is 0.00000200. The lowest BCUT2D eigenvalue weighted by atomic mass is 9.76. The maximum absolute atomic E-state index is 5.88. The number of rotatable bonds is 4. The number of halogens is 2. The Bertz CT molecular complexity index is 478. The van der Waals surface area contributed by atoms with Crippen LogP contribution in [0.2, 0.25) is 5.02 Å². The molecule has 1 aliphatic carbocycles. The Labute approximate surface area is 142 Å². The van der Waals surface area contributed by atoms with Crippen LogP contribution in [0.5, 0.6) is 0 Å². The summed E-state index contributed by atoms with van der Waals surface area (Å²) in [4.78, 5) is 4.22. The number of guanidine groups is 1. The number of nitrogens with two attached hydrogens (primary N) is 1. The van der Waals surface area contributed by atoms with Crippen molar-refractivity contribution in [2.45, 2.75) is 31.7 Å². The molecule has 0 bridgehead atoms. The van der Waals surface area contributed by atoms with Gasteiger partial charge in [0.25, 0.3) is 0 Å². The average Bonchev–Trinajstić information content (AvgIpc) is 2.32.